The van der Waals surface area contributed by atoms with E-state index < -0.39 is 19.1 Å². The van der Waals surface area contributed by atoms with Gasteiger partial charge in [-0.25, -0.2) is 10.2 Å². The second-order valence-corrected chi connectivity index (χ2v) is 11.4. The molecule has 0 unspecified atom stereocenters. The Bertz CT molecular complexity index is 890. The number of hydrogen-bond acceptors (Lipinski definition) is 3. The Labute approximate surface area is 185 Å². The molecule has 160 valence electrons. The zero-order chi connectivity index (χ0) is 22.3. The van der Waals surface area contributed by atoms with Crippen molar-refractivity contribution in [2.24, 2.45) is 0 Å². The lowest BCUT2D eigenvalue weighted by molar-refractivity contribution is 0.0439. The smallest absolute Gasteiger partial charge is 0.425 e. The Balaban J connectivity index is 2.26. The fourth-order valence-corrected chi connectivity index (χ4v) is 7.70. The summed E-state index contributed by atoms with van der Waals surface area (Å²) in [7, 11) is -2.45. The van der Waals surface area contributed by atoms with Gasteiger partial charge in [-0.15, -0.1) is 6.58 Å². The van der Waals surface area contributed by atoms with Crippen LogP contribution in [0.4, 0.5) is 4.79 Å². The Morgan fingerprint density at radius 3 is 1.58 bits per heavy atom. The first-order valence-corrected chi connectivity index (χ1v) is 12.1. The highest BCUT2D eigenvalue weighted by Crippen LogP contribution is 2.57. The molecule has 0 aromatic heterocycles. The molecule has 3 aromatic rings. The zero-order valence-electron chi connectivity index (χ0n) is 18.4. The van der Waals surface area contributed by atoms with E-state index in [-0.39, 0.29) is 0 Å². The van der Waals surface area contributed by atoms with Crippen LogP contribution in [0, 0.1) is 0 Å². The van der Waals surface area contributed by atoms with E-state index >= 15 is 0 Å². The average molecular weight is 434 g/mol. The van der Waals surface area contributed by atoms with Crippen LogP contribution in [-0.2, 0) is 4.74 Å². The second-order valence-electron chi connectivity index (χ2n) is 8.13. The summed E-state index contributed by atoms with van der Waals surface area (Å²) in [5, 5.41) is 3.39. The molecule has 0 heterocycles. The molecule has 3 rings (SSSR count). The molecule has 0 aliphatic carbocycles. The molecular weight excluding hydrogens is 403 g/mol. The number of ether oxygens (including phenoxy) is 1. The third kappa shape index (κ3) is 5.22. The fourth-order valence-electron chi connectivity index (χ4n) is 3.57. The van der Waals surface area contributed by atoms with E-state index in [1.54, 1.807) is 6.08 Å². The minimum absolute atomic E-state index is 0.450. The Morgan fingerprint density at radius 1 is 0.871 bits per heavy atom. The molecule has 0 radical (unpaired) electrons. The van der Waals surface area contributed by atoms with Gasteiger partial charge in [-0.2, -0.15) is 0 Å². The number of amides is 1. The Kier molecular flexibility index (Phi) is 7.27. The van der Waals surface area contributed by atoms with Crippen LogP contribution >= 0.6 is 7.41 Å². The van der Waals surface area contributed by atoms with E-state index in [2.05, 4.69) is 48.4 Å². The van der Waals surface area contributed by atoms with Crippen LogP contribution in [0.25, 0.3) is 0 Å². The highest BCUT2D eigenvalue weighted by Gasteiger charge is 2.52. The van der Waals surface area contributed by atoms with Crippen LogP contribution in [0.2, 0.25) is 0 Å². The molecule has 0 bridgehead atoms. The van der Waals surface area contributed by atoms with Crippen molar-refractivity contribution < 1.29 is 9.53 Å². The molecule has 0 saturated heterocycles. The summed E-state index contributed by atoms with van der Waals surface area (Å²) in [5.41, 5.74) is 2.46. The minimum Gasteiger partial charge on any atom is -0.443 e. The van der Waals surface area contributed by atoms with Crippen molar-refractivity contribution in [1.29, 1.82) is 0 Å². The van der Waals surface area contributed by atoms with Gasteiger partial charge < -0.3 is 4.74 Å². The van der Waals surface area contributed by atoms with E-state index in [4.69, 9.17) is 4.74 Å². The Morgan fingerprint density at radius 2 is 1.26 bits per heavy atom. The quantitative estimate of drug-likeness (QED) is 0.330. The number of nitrogens with zero attached hydrogens (tertiary/aromatic N) is 1. The van der Waals surface area contributed by atoms with Crippen LogP contribution in [0.3, 0.4) is 0 Å². The maximum absolute atomic E-state index is 12.9. The van der Waals surface area contributed by atoms with E-state index in [0.29, 0.717) is 6.54 Å². The predicted molar refractivity (Wildman–Crippen MR) is 131 cm³/mol. The first-order chi connectivity index (χ1) is 14.9. The van der Waals surface area contributed by atoms with E-state index in [1.165, 1.54) is 0 Å². The third-order valence-electron chi connectivity index (χ3n) is 4.67. The van der Waals surface area contributed by atoms with Gasteiger partial charge in [0.05, 0.1) is 6.54 Å². The lowest BCUT2D eigenvalue weighted by atomic mass is 10.2. The largest absolute Gasteiger partial charge is 0.443 e. The van der Waals surface area contributed by atoms with Crippen molar-refractivity contribution in [1.82, 2.24) is 10.2 Å². The van der Waals surface area contributed by atoms with Gasteiger partial charge in [0, 0.05) is 0 Å². The molecule has 1 N–H and O–H groups in total. The molecule has 31 heavy (non-hydrogen) atoms. The van der Waals surface area contributed by atoms with Gasteiger partial charge in [0.25, 0.3) is 0 Å². The van der Waals surface area contributed by atoms with E-state index in [9.17, 15) is 4.79 Å². The average Bonchev–Trinajstić information content (AvgIpc) is 2.75. The van der Waals surface area contributed by atoms with Gasteiger partial charge >= 0.3 is 6.09 Å². The summed E-state index contributed by atoms with van der Waals surface area (Å²) in [6.07, 6.45) is 1.32. The van der Waals surface area contributed by atoms with Crippen LogP contribution in [-0.4, -0.2) is 23.0 Å². The molecule has 0 atom stereocenters. The highest BCUT2D eigenvalue weighted by atomic mass is 31.2. The molecule has 0 aliphatic rings. The first-order valence-electron chi connectivity index (χ1n) is 10.3. The van der Waals surface area contributed by atoms with Crippen molar-refractivity contribution in [2.75, 3.05) is 6.54 Å². The number of hydrazine groups is 1. The molecule has 0 aliphatic heterocycles. The van der Waals surface area contributed by atoms with Gasteiger partial charge in [0.15, 0.2) is 0 Å². The monoisotopic (exact) mass is 433 g/mol. The lowest BCUT2D eigenvalue weighted by Gasteiger charge is -2.36. The number of carbonyl (C=O) groups is 1. The highest BCUT2D eigenvalue weighted by molar-refractivity contribution is 7.93. The summed E-state index contributed by atoms with van der Waals surface area (Å²) in [6.45, 7) is 9.99. The van der Waals surface area contributed by atoms with Crippen LogP contribution < -0.4 is 21.3 Å². The maximum atomic E-state index is 12.9. The van der Waals surface area contributed by atoms with Gasteiger partial charge in [0.2, 0.25) is 7.41 Å². The summed E-state index contributed by atoms with van der Waals surface area (Å²) < 4.78 is 7.62. The third-order valence-corrected chi connectivity index (χ3v) is 8.80. The predicted octanol–water partition coefficient (Wildman–Crippen LogP) is 4.82. The van der Waals surface area contributed by atoms with Gasteiger partial charge in [-0.05, 0) is 57.2 Å². The SMILES string of the molecule is C=CCN(NC(=O)OC(C)(C)C)[P+](c1ccccc1)(c1ccccc1)c1ccccc1. The summed E-state index contributed by atoms with van der Waals surface area (Å²) in [4.78, 5) is 12.9. The van der Waals surface area contributed by atoms with Gasteiger partial charge in [-0.1, -0.05) is 65.5 Å². The number of hydrogen-bond donors (Lipinski definition) is 1. The van der Waals surface area contributed by atoms with Crippen molar-refractivity contribution in [3.8, 4) is 0 Å². The lowest BCUT2D eigenvalue weighted by Crippen LogP contribution is -2.52. The van der Waals surface area contributed by atoms with Crippen molar-refractivity contribution >= 4 is 29.4 Å². The van der Waals surface area contributed by atoms with Crippen LogP contribution in [0.15, 0.2) is 104 Å². The van der Waals surface area contributed by atoms with Crippen LogP contribution in [0.5, 0.6) is 0 Å². The van der Waals surface area contributed by atoms with Crippen molar-refractivity contribution in [3.05, 3.63) is 104 Å². The standard InChI is InChI=1S/C26H29N2O2P/c1-5-21-28(27-25(29)30-26(2,3)4)31(22-15-9-6-10-16-22,23-17-11-7-12-18-23)24-19-13-8-14-20-24/h5-20H,1,21H2,2-4H3/p+1. The molecule has 4 nitrogen and oxygen atoms in total. The summed E-state index contributed by atoms with van der Waals surface area (Å²) in [5.74, 6) is 0. The molecule has 3 aromatic carbocycles. The molecule has 0 fully saturated rings. The molecule has 0 saturated carbocycles. The van der Waals surface area contributed by atoms with Gasteiger partial charge in [0.1, 0.15) is 21.5 Å². The fraction of sp³-hybridized carbons (Fsp3) is 0.192. The minimum atomic E-state index is -2.45. The topological polar surface area (TPSA) is 41.6 Å². The number of carbonyl (C=O) groups excluding carboxylic acids is 1. The first kappa shape index (κ1) is 22.7. The van der Waals surface area contributed by atoms with Gasteiger partial charge in [-0.3, -0.25) is 0 Å². The zero-order valence-corrected chi connectivity index (χ0v) is 19.3. The number of nitrogens with one attached hydrogen (secondary N) is 1. The maximum Gasteiger partial charge on any atom is 0.425 e. The summed E-state index contributed by atoms with van der Waals surface area (Å²) >= 11 is 0. The molecular formula is C26H30N2O2P+. The van der Waals surface area contributed by atoms with Crippen molar-refractivity contribution in [2.45, 2.75) is 26.4 Å². The normalized spacial score (nSPS) is 11.7. The molecule has 1 amide bonds. The van der Waals surface area contributed by atoms with E-state index in [0.717, 1.165) is 15.9 Å². The second kappa shape index (κ2) is 9.91. The number of rotatable bonds is 7. The Hall–Kier alpha value is -2.94. The molecule has 0 spiro atoms. The van der Waals surface area contributed by atoms with E-state index in [1.807, 2.05) is 80.1 Å². The van der Waals surface area contributed by atoms with Crippen LogP contribution in [0.1, 0.15) is 20.8 Å². The number of benzene rings is 3. The van der Waals surface area contributed by atoms with Crippen molar-refractivity contribution in [3.63, 3.8) is 0 Å². The summed E-state index contributed by atoms with van der Waals surface area (Å²) in [6, 6.07) is 31.0. The molecule has 5 heteroatoms.